The highest BCUT2D eigenvalue weighted by molar-refractivity contribution is 5.20. The van der Waals surface area contributed by atoms with Gasteiger partial charge in [0.15, 0.2) is 10.1 Å². The van der Waals surface area contributed by atoms with Crippen LogP contribution in [-0.2, 0) is 0 Å². The zero-order valence-electron chi connectivity index (χ0n) is 6.32. The van der Waals surface area contributed by atoms with E-state index in [1.54, 1.807) is 10.9 Å². The van der Waals surface area contributed by atoms with Gasteiger partial charge in [0.25, 0.3) is 0 Å². The Hall–Kier alpha value is -2.66. The summed E-state index contributed by atoms with van der Waals surface area (Å²) in [5.41, 5.74) is 3.13. The number of nitrogens with one attached hydrogen (secondary N) is 2. The molecule has 0 saturated carbocycles. The van der Waals surface area contributed by atoms with Crippen LogP contribution in [0.5, 0.6) is 0 Å². The summed E-state index contributed by atoms with van der Waals surface area (Å²) < 4.78 is 0. The highest BCUT2D eigenvalue weighted by Crippen LogP contribution is 1.95. The molecular weight excluding hydrogens is 200 g/mol. The van der Waals surface area contributed by atoms with Crippen molar-refractivity contribution in [2.24, 2.45) is 0 Å². The molecule has 2 N–H and O–H groups in total. The number of nitro groups is 2. The molecule has 0 aliphatic rings. The summed E-state index contributed by atoms with van der Waals surface area (Å²) in [7, 11) is 0. The van der Waals surface area contributed by atoms with Crippen molar-refractivity contribution in [2.75, 3.05) is 10.9 Å². The smallest absolute Gasteiger partial charge is 0.234 e. The van der Waals surface area contributed by atoms with Crippen LogP contribution in [0.4, 0.5) is 11.9 Å². The molecule has 14 heavy (non-hydrogen) atoms. The van der Waals surface area contributed by atoms with E-state index in [2.05, 4.69) is 20.4 Å². The Balaban J connectivity index is 2.68. The van der Waals surface area contributed by atoms with Crippen LogP contribution >= 0.6 is 0 Å². The van der Waals surface area contributed by atoms with Gasteiger partial charge < -0.3 is 0 Å². The maximum absolute atomic E-state index is 9.87. The Morgan fingerprint density at radius 2 is 1.14 bits per heavy atom. The SMILES string of the molecule is O=[N+]([O-])Nc1nnc(N[N+](=O)[O-])nn1. The summed E-state index contributed by atoms with van der Waals surface area (Å²) in [6, 6.07) is 0. The molecule has 0 aromatic carbocycles. The van der Waals surface area contributed by atoms with Crippen LogP contribution in [0.1, 0.15) is 0 Å². The lowest BCUT2D eigenvalue weighted by Gasteiger charge is -1.94. The number of hydrogen-bond acceptors (Lipinski definition) is 8. The largest absolute Gasteiger partial charge is 0.322 e. The van der Waals surface area contributed by atoms with Crippen molar-refractivity contribution in [2.45, 2.75) is 0 Å². The monoisotopic (exact) mass is 202 g/mol. The van der Waals surface area contributed by atoms with E-state index < -0.39 is 22.0 Å². The minimum Gasteiger partial charge on any atom is -0.234 e. The average Bonchev–Trinajstić information content (AvgIpc) is 2.06. The van der Waals surface area contributed by atoms with Gasteiger partial charge in [0, 0.05) is 0 Å². The summed E-state index contributed by atoms with van der Waals surface area (Å²) in [6.45, 7) is 0. The second kappa shape index (κ2) is 3.83. The molecule has 0 aliphatic carbocycles. The van der Waals surface area contributed by atoms with Crippen LogP contribution < -0.4 is 10.9 Å². The van der Waals surface area contributed by atoms with Gasteiger partial charge in [-0.3, -0.25) is 0 Å². The first-order valence-corrected chi connectivity index (χ1v) is 2.97. The lowest BCUT2D eigenvalue weighted by molar-refractivity contribution is -0.447. The molecule has 0 spiro atoms. The van der Waals surface area contributed by atoms with Crippen molar-refractivity contribution >= 4 is 11.9 Å². The molecule has 0 saturated heterocycles. The topological polar surface area (TPSA) is 162 Å². The number of nitrogens with zero attached hydrogens (tertiary/aromatic N) is 6. The first kappa shape index (κ1) is 9.43. The molecule has 0 fully saturated rings. The van der Waals surface area contributed by atoms with E-state index in [4.69, 9.17) is 0 Å². The first-order chi connectivity index (χ1) is 6.58. The molecule has 1 aromatic rings. The Bertz CT molecular complexity index is 312. The van der Waals surface area contributed by atoms with Gasteiger partial charge in [-0.05, 0) is 0 Å². The van der Waals surface area contributed by atoms with E-state index in [0.29, 0.717) is 0 Å². The van der Waals surface area contributed by atoms with Gasteiger partial charge in [0.05, 0.1) is 0 Å². The van der Waals surface area contributed by atoms with E-state index in [1.807, 2.05) is 0 Å². The maximum Gasteiger partial charge on any atom is 0.322 e. The normalized spacial score (nSPS) is 9.14. The van der Waals surface area contributed by atoms with E-state index in [9.17, 15) is 20.2 Å². The highest BCUT2D eigenvalue weighted by Gasteiger charge is 2.07. The molecule has 1 aromatic heterocycles. The fourth-order valence-electron chi connectivity index (χ4n) is 0.482. The third kappa shape index (κ3) is 2.76. The van der Waals surface area contributed by atoms with E-state index in [-0.39, 0.29) is 0 Å². The standard InChI is InChI=1S/C2H2N8O4/c11-9(12)7-1-3-5-2(6-4-1)8-10(13)14/h(H,3,4,7)(H,5,6,8). The fraction of sp³-hybridized carbons (Fsp3) is 0. The molecule has 0 amide bonds. The molecule has 0 unspecified atom stereocenters. The summed E-state index contributed by atoms with van der Waals surface area (Å²) >= 11 is 0. The average molecular weight is 202 g/mol. The Kier molecular flexibility index (Phi) is 2.58. The van der Waals surface area contributed by atoms with Crippen LogP contribution in [0.15, 0.2) is 0 Å². The van der Waals surface area contributed by atoms with Gasteiger partial charge in [-0.15, -0.1) is 20.4 Å². The van der Waals surface area contributed by atoms with Crippen LogP contribution in [-0.4, -0.2) is 30.5 Å². The van der Waals surface area contributed by atoms with Crippen molar-refractivity contribution in [3.63, 3.8) is 0 Å². The van der Waals surface area contributed by atoms with Crippen LogP contribution in [0.25, 0.3) is 0 Å². The summed E-state index contributed by atoms with van der Waals surface area (Å²) in [5, 5.41) is 30.4. The number of hydrogen-bond donors (Lipinski definition) is 2. The molecule has 1 heterocycles. The number of hydrazine groups is 2. The minimum atomic E-state index is -0.917. The Morgan fingerprint density at radius 1 is 0.857 bits per heavy atom. The van der Waals surface area contributed by atoms with Gasteiger partial charge in [-0.2, -0.15) is 0 Å². The number of anilines is 2. The van der Waals surface area contributed by atoms with Crippen molar-refractivity contribution < 1.29 is 10.1 Å². The molecule has 0 radical (unpaired) electrons. The molecule has 0 atom stereocenters. The van der Waals surface area contributed by atoms with Gasteiger partial charge in [-0.1, -0.05) is 10.9 Å². The van der Waals surface area contributed by atoms with Gasteiger partial charge in [-0.25, -0.2) is 20.2 Å². The van der Waals surface area contributed by atoms with Crippen molar-refractivity contribution in [1.82, 2.24) is 20.4 Å². The van der Waals surface area contributed by atoms with Gasteiger partial charge in [0.2, 0.25) is 0 Å². The van der Waals surface area contributed by atoms with E-state index in [1.165, 1.54) is 0 Å². The molecule has 0 aliphatic heterocycles. The minimum absolute atomic E-state index is 0.469. The van der Waals surface area contributed by atoms with Crippen LogP contribution in [0.3, 0.4) is 0 Å². The third-order valence-electron chi connectivity index (χ3n) is 0.861. The van der Waals surface area contributed by atoms with E-state index in [0.717, 1.165) is 0 Å². The van der Waals surface area contributed by atoms with Crippen molar-refractivity contribution in [1.29, 1.82) is 0 Å². The maximum atomic E-state index is 9.87. The number of rotatable bonds is 4. The second-order valence-corrected chi connectivity index (χ2v) is 1.79. The predicted octanol–water partition coefficient (Wildman–Crippen LogP) is -1.53. The summed E-state index contributed by atoms with van der Waals surface area (Å²) in [5.74, 6) is -0.937. The molecule has 74 valence electrons. The molecule has 12 nitrogen and oxygen atoms in total. The molecule has 0 bridgehead atoms. The number of aromatic nitrogens is 4. The van der Waals surface area contributed by atoms with Crippen molar-refractivity contribution in [3.8, 4) is 0 Å². The van der Waals surface area contributed by atoms with Crippen LogP contribution in [0.2, 0.25) is 0 Å². The Labute approximate surface area is 74.6 Å². The second-order valence-electron chi connectivity index (χ2n) is 1.79. The lowest BCUT2D eigenvalue weighted by atomic mass is 11.0. The lowest BCUT2D eigenvalue weighted by Crippen LogP contribution is -2.16. The zero-order valence-corrected chi connectivity index (χ0v) is 6.32. The summed E-state index contributed by atoms with van der Waals surface area (Å²) in [6.07, 6.45) is 0. The van der Waals surface area contributed by atoms with Gasteiger partial charge >= 0.3 is 11.9 Å². The highest BCUT2D eigenvalue weighted by atomic mass is 16.7. The Morgan fingerprint density at radius 3 is 1.36 bits per heavy atom. The third-order valence-corrected chi connectivity index (χ3v) is 0.861. The zero-order chi connectivity index (χ0) is 10.6. The first-order valence-electron chi connectivity index (χ1n) is 2.97. The quantitative estimate of drug-likeness (QED) is 0.432. The molecular formula is C2H2N8O4. The molecule has 1 rings (SSSR count). The van der Waals surface area contributed by atoms with Gasteiger partial charge in [0.1, 0.15) is 0 Å². The predicted molar refractivity (Wildman–Crippen MR) is 38.9 cm³/mol. The fourth-order valence-corrected chi connectivity index (χ4v) is 0.482. The summed E-state index contributed by atoms with van der Waals surface area (Å²) in [4.78, 5) is 19.7. The van der Waals surface area contributed by atoms with E-state index >= 15 is 0 Å². The van der Waals surface area contributed by atoms with Crippen LogP contribution in [0, 0.1) is 20.2 Å². The molecule has 12 heteroatoms. The van der Waals surface area contributed by atoms with Crippen molar-refractivity contribution in [3.05, 3.63) is 20.2 Å².